The molecule has 0 spiro atoms. The smallest absolute Gasteiger partial charge is 0.199 e. The number of nitrogens with one attached hydrogen (secondary N) is 1. The molecule has 3 heteroatoms. The summed E-state index contributed by atoms with van der Waals surface area (Å²) >= 11 is 6.23. The van der Waals surface area contributed by atoms with E-state index in [0.717, 1.165) is 29.0 Å². The molecular weight excluding hydrogens is 270 g/mol. The Labute approximate surface area is 125 Å². The average Bonchev–Trinajstić information content (AvgIpc) is 2.81. The van der Waals surface area contributed by atoms with E-state index in [9.17, 15) is 0 Å². The maximum absolute atomic E-state index is 6.23. The van der Waals surface area contributed by atoms with Gasteiger partial charge in [-0.2, -0.15) is 0 Å². The van der Waals surface area contributed by atoms with Gasteiger partial charge in [0.1, 0.15) is 5.58 Å². The number of halogens is 1. The molecule has 1 aliphatic rings. The Balaban J connectivity index is 1.68. The van der Waals surface area contributed by atoms with Crippen LogP contribution in [0.2, 0.25) is 5.22 Å². The quantitative estimate of drug-likeness (QED) is 0.843. The normalized spacial score (nSPS) is 18.5. The van der Waals surface area contributed by atoms with Crippen LogP contribution in [0.4, 0.5) is 0 Å². The van der Waals surface area contributed by atoms with Gasteiger partial charge < -0.3 is 9.73 Å². The van der Waals surface area contributed by atoms with Gasteiger partial charge in [-0.15, -0.1) is 0 Å². The maximum Gasteiger partial charge on any atom is 0.199 e. The Morgan fingerprint density at radius 3 is 2.80 bits per heavy atom. The summed E-state index contributed by atoms with van der Waals surface area (Å²) in [7, 11) is 0. The van der Waals surface area contributed by atoms with Crippen molar-refractivity contribution in [3.63, 3.8) is 0 Å². The molecule has 1 unspecified atom stereocenters. The van der Waals surface area contributed by atoms with Crippen LogP contribution >= 0.6 is 11.6 Å². The highest BCUT2D eigenvalue weighted by Crippen LogP contribution is 2.30. The Morgan fingerprint density at radius 2 is 2.00 bits per heavy atom. The summed E-state index contributed by atoms with van der Waals surface area (Å²) in [6.07, 6.45) is 6.88. The lowest BCUT2D eigenvalue weighted by Crippen LogP contribution is -2.34. The molecule has 0 bridgehead atoms. The SMILES string of the molecule is CC(NCc1c(Cl)oc2ccccc12)C1CCCCC1. The van der Waals surface area contributed by atoms with Gasteiger partial charge in [0.15, 0.2) is 5.22 Å². The second-order valence-corrected chi connectivity index (χ2v) is 6.26. The molecule has 1 aromatic heterocycles. The monoisotopic (exact) mass is 291 g/mol. The maximum atomic E-state index is 6.23. The van der Waals surface area contributed by atoms with Crippen molar-refractivity contribution in [1.29, 1.82) is 0 Å². The van der Waals surface area contributed by atoms with Crippen LogP contribution in [0.25, 0.3) is 11.0 Å². The predicted octanol–water partition coefficient (Wildman–Crippen LogP) is 5.14. The molecule has 1 aromatic carbocycles. The first-order valence-electron chi connectivity index (χ1n) is 7.65. The number of furan rings is 1. The van der Waals surface area contributed by atoms with E-state index in [0.29, 0.717) is 11.3 Å². The lowest BCUT2D eigenvalue weighted by molar-refractivity contribution is 0.280. The fraction of sp³-hybridized carbons (Fsp3) is 0.529. The Hall–Kier alpha value is -0.990. The molecule has 1 atom stereocenters. The van der Waals surface area contributed by atoms with Gasteiger partial charge in [0.2, 0.25) is 0 Å². The molecule has 2 nitrogen and oxygen atoms in total. The summed E-state index contributed by atoms with van der Waals surface area (Å²) in [6.45, 7) is 3.08. The van der Waals surface area contributed by atoms with Crippen molar-refractivity contribution >= 4 is 22.6 Å². The van der Waals surface area contributed by atoms with E-state index in [4.69, 9.17) is 16.0 Å². The van der Waals surface area contributed by atoms with E-state index in [2.05, 4.69) is 18.3 Å². The van der Waals surface area contributed by atoms with Crippen LogP contribution in [0.1, 0.15) is 44.6 Å². The molecule has 0 saturated heterocycles. The molecule has 20 heavy (non-hydrogen) atoms. The molecule has 1 fully saturated rings. The summed E-state index contributed by atoms with van der Waals surface area (Å²) in [5.41, 5.74) is 1.96. The van der Waals surface area contributed by atoms with Crippen LogP contribution in [0.15, 0.2) is 28.7 Å². The minimum atomic E-state index is 0.523. The van der Waals surface area contributed by atoms with Gasteiger partial charge in [0, 0.05) is 23.5 Å². The zero-order valence-electron chi connectivity index (χ0n) is 12.0. The van der Waals surface area contributed by atoms with Gasteiger partial charge in [-0.05, 0) is 43.4 Å². The fourth-order valence-electron chi connectivity index (χ4n) is 3.30. The molecular formula is C17H22ClNO. The van der Waals surface area contributed by atoms with Crippen molar-refractivity contribution in [3.8, 4) is 0 Å². The van der Waals surface area contributed by atoms with E-state index < -0.39 is 0 Å². The zero-order chi connectivity index (χ0) is 13.9. The van der Waals surface area contributed by atoms with Crippen LogP contribution in [-0.2, 0) is 6.54 Å². The van der Waals surface area contributed by atoms with Crippen molar-refractivity contribution < 1.29 is 4.42 Å². The standard InChI is InChI=1S/C17H22ClNO/c1-12(13-7-3-2-4-8-13)19-11-15-14-9-5-6-10-16(14)20-17(15)18/h5-6,9-10,12-13,19H,2-4,7-8,11H2,1H3. The van der Waals surface area contributed by atoms with Crippen molar-refractivity contribution in [2.45, 2.75) is 51.6 Å². The molecule has 1 N–H and O–H groups in total. The summed E-state index contributed by atoms with van der Waals surface area (Å²) in [6, 6.07) is 8.59. The molecule has 2 aromatic rings. The van der Waals surface area contributed by atoms with Gasteiger partial charge in [-0.25, -0.2) is 0 Å². The third kappa shape index (κ3) is 2.87. The van der Waals surface area contributed by atoms with E-state index in [1.807, 2.05) is 18.2 Å². The first kappa shape index (κ1) is 14.0. The largest absolute Gasteiger partial charge is 0.444 e. The first-order chi connectivity index (χ1) is 9.75. The minimum absolute atomic E-state index is 0.523. The van der Waals surface area contributed by atoms with Crippen LogP contribution in [0, 0.1) is 5.92 Å². The average molecular weight is 292 g/mol. The van der Waals surface area contributed by atoms with Crippen LogP contribution in [-0.4, -0.2) is 6.04 Å². The highest BCUT2D eigenvalue weighted by Gasteiger charge is 2.20. The molecule has 0 amide bonds. The predicted molar refractivity (Wildman–Crippen MR) is 84.1 cm³/mol. The van der Waals surface area contributed by atoms with Gasteiger partial charge in [0.05, 0.1) is 0 Å². The van der Waals surface area contributed by atoms with Gasteiger partial charge in [-0.3, -0.25) is 0 Å². The van der Waals surface area contributed by atoms with Crippen molar-refractivity contribution in [2.24, 2.45) is 5.92 Å². The topological polar surface area (TPSA) is 25.2 Å². The molecule has 1 aliphatic carbocycles. The van der Waals surface area contributed by atoms with Crippen LogP contribution in [0.5, 0.6) is 0 Å². The van der Waals surface area contributed by atoms with Crippen molar-refractivity contribution in [3.05, 3.63) is 35.0 Å². The van der Waals surface area contributed by atoms with Crippen LogP contribution in [0.3, 0.4) is 0 Å². The summed E-state index contributed by atoms with van der Waals surface area (Å²) in [5, 5.41) is 5.29. The highest BCUT2D eigenvalue weighted by atomic mass is 35.5. The lowest BCUT2D eigenvalue weighted by atomic mass is 9.84. The summed E-state index contributed by atoms with van der Waals surface area (Å²) < 4.78 is 5.60. The second kappa shape index (κ2) is 6.19. The third-order valence-electron chi connectivity index (χ3n) is 4.61. The van der Waals surface area contributed by atoms with Crippen LogP contribution < -0.4 is 5.32 Å². The number of para-hydroxylation sites is 1. The first-order valence-corrected chi connectivity index (χ1v) is 8.03. The Bertz CT molecular complexity index is 571. The lowest BCUT2D eigenvalue weighted by Gasteiger charge is -2.28. The number of benzene rings is 1. The number of fused-ring (bicyclic) bond motifs is 1. The third-order valence-corrected chi connectivity index (χ3v) is 4.91. The molecule has 1 saturated carbocycles. The minimum Gasteiger partial charge on any atom is -0.444 e. The Morgan fingerprint density at radius 1 is 1.25 bits per heavy atom. The number of rotatable bonds is 4. The second-order valence-electron chi connectivity index (χ2n) is 5.92. The molecule has 3 rings (SSSR count). The summed E-state index contributed by atoms with van der Waals surface area (Å²) in [5.74, 6) is 0.806. The highest BCUT2D eigenvalue weighted by molar-refractivity contribution is 6.30. The zero-order valence-corrected chi connectivity index (χ0v) is 12.7. The molecule has 0 radical (unpaired) electrons. The molecule has 1 heterocycles. The van der Waals surface area contributed by atoms with E-state index in [-0.39, 0.29) is 0 Å². The molecule has 108 valence electrons. The van der Waals surface area contributed by atoms with E-state index >= 15 is 0 Å². The molecule has 0 aliphatic heterocycles. The van der Waals surface area contributed by atoms with E-state index in [1.54, 1.807) is 0 Å². The van der Waals surface area contributed by atoms with Crippen molar-refractivity contribution in [1.82, 2.24) is 5.32 Å². The van der Waals surface area contributed by atoms with Gasteiger partial charge in [-0.1, -0.05) is 37.5 Å². The van der Waals surface area contributed by atoms with Gasteiger partial charge >= 0.3 is 0 Å². The van der Waals surface area contributed by atoms with Gasteiger partial charge in [0.25, 0.3) is 0 Å². The summed E-state index contributed by atoms with van der Waals surface area (Å²) in [4.78, 5) is 0. The van der Waals surface area contributed by atoms with E-state index in [1.165, 1.54) is 32.1 Å². The number of hydrogen-bond donors (Lipinski definition) is 1. The van der Waals surface area contributed by atoms with Crippen molar-refractivity contribution in [2.75, 3.05) is 0 Å². The fourth-order valence-corrected chi connectivity index (χ4v) is 3.55. The number of hydrogen-bond acceptors (Lipinski definition) is 2. The Kier molecular flexibility index (Phi) is 4.32.